The minimum absolute atomic E-state index is 0.0561. The molecule has 0 atom stereocenters. The van der Waals surface area contributed by atoms with Crippen LogP contribution in [0.25, 0.3) is 10.2 Å². The maximum absolute atomic E-state index is 14.1. The zero-order valence-corrected chi connectivity index (χ0v) is 18.2. The highest BCUT2D eigenvalue weighted by Gasteiger charge is 2.21. The van der Waals surface area contributed by atoms with Gasteiger partial charge in [0.25, 0.3) is 5.56 Å². The third-order valence-corrected chi connectivity index (χ3v) is 6.49. The number of esters is 1. The van der Waals surface area contributed by atoms with E-state index in [1.807, 2.05) is 30.3 Å². The molecule has 31 heavy (non-hydrogen) atoms. The number of thiophene rings is 1. The summed E-state index contributed by atoms with van der Waals surface area (Å²) >= 11 is 7.20. The van der Waals surface area contributed by atoms with Gasteiger partial charge in [0.05, 0.1) is 24.9 Å². The number of aromatic nitrogens is 2. The van der Waals surface area contributed by atoms with Gasteiger partial charge in [0, 0.05) is 17.0 Å². The lowest BCUT2D eigenvalue weighted by Gasteiger charge is -2.08. The van der Waals surface area contributed by atoms with Crippen LogP contribution < -0.4 is 5.56 Å². The molecule has 0 unspecified atom stereocenters. The van der Waals surface area contributed by atoms with Gasteiger partial charge in [0.1, 0.15) is 15.5 Å². The fourth-order valence-corrected chi connectivity index (χ4v) is 4.55. The number of nitrogens with zero attached hydrogens (tertiary/aromatic N) is 2. The van der Waals surface area contributed by atoms with E-state index in [0.29, 0.717) is 27.1 Å². The molecule has 0 aliphatic heterocycles. The fourth-order valence-electron chi connectivity index (χ4n) is 3.29. The summed E-state index contributed by atoms with van der Waals surface area (Å²) in [6.07, 6.45) is 1.94. The Hall–Kier alpha value is -3.03. The van der Waals surface area contributed by atoms with E-state index in [0.717, 1.165) is 16.9 Å². The second kappa shape index (κ2) is 8.99. The number of carbonyl (C=O) groups is 1. The van der Waals surface area contributed by atoms with E-state index in [2.05, 4.69) is 4.98 Å². The molecule has 2 heterocycles. The van der Waals surface area contributed by atoms with Crippen LogP contribution in [0.15, 0.2) is 59.7 Å². The minimum atomic E-state index is -0.496. The number of fused-ring (bicyclic) bond motifs is 1. The molecule has 2 aromatic heterocycles. The summed E-state index contributed by atoms with van der Waals surface area (Å²) in [6.45, 7) is 1.87. The van der Waals surface area contributed by atoms with Gasteiger partial charge in [0.2, 0.25) is 0 Å². The molecular weight excluding hydrogens is 439 g/mol. The van der Waals surface area contributed by atoms with Crippen molar-refractivity contribution in [1.82, 2.24) is 9.55 Å². The Morgan fingerprint density at radius 1 is 1.19 bits per heavy atom. The molecule has 0 saturated carbocycles. The van der Waals surface area contributed by atoms with Gasteiger partial charge in [-0.25, -0.2) is 14.2 Å². The molecule has 4 aromatic rings. The van der Waals surface area contributed by atoms with Crippen molar-refractivity contribution in [2.24, 2.45) is 0 Å². The van der Waals surface area contributed by atoms with Crippen molar-refractivity contribution >= 4 is 39.1 Å². The van der Waals surface area contributed by atoms with E-state index in [9.17, 15) is 14.0 Å². The van der Waals surface area contributed by atoms with Gasteiger partial charge in [-0.3, -0.25) is 9.36 Å². The van der Waals surface area contributed by atoms with Crippen molar-refractivity contribution in [3.63, 3.8) is 0 Å². The van der Waals surface area contributed by atoms with Gasteiger partial charge < -0.3 is 4.74 Å². The van der Waals surface area contributed by atoms with Crippen molar-refractivity contribution in [2.75, 3.05) is 6.61 Å². The van der Waals surface area contributed by atoms with E-state index >= 15 is 0 Å². The van der Waals surface area contributed by atoms with Crippen LogP contribution in [0, 0.1) is 12.7 Å². The molecule has 0 fully saturated rings. The third-order valence-electron chi connectivity index (χ3n) is 4.96. The predicted molar refractivity (Wildman–Crippen MR) is 120 cm³/mol. The van der Waals surface area contributed by atoms with Gasteiger partial charge >= 0.3 is 5.97 Å². The quantitative estimate of drug-likeness (QED) is 0.383. The Kier molecular flexibility index (Phi) is 6.15. The summed E-state index contributed by atoms with van der Waals surface area (Å²) in [5.74, 6) is -0.983. The molecule has 0 aliphatic rings. The first-order chi connectivity index (χ1) is 15.0. The van der Waals surface area contributed by atoms with Crippen molar-refractivity contribution in [3.05, 3.63) is 97.6 Å². The number of benzene rings is 2. The molecule has 0 spiro atoms. The average molecular weight is 457 g/mol. The summed E-state index contributed by atoms with van der Waals surface area (Å²) in [4.78, 5) is 30.7. The number of halogens is 2. The van der Waals surface area contributed by atoms with Gasteiger partial charge in [0.15, 0.2) is 0 Å². The topological polar surface area (TPSA) is 61.2 Å². The summed E-state index contributed by atoms with van der Waals surface area (Å²) < 4.78 is 20.8. The van der Waals surface area contributed by atoms with E-state index in [1.54, 1.807) is 13.0 Å². The molecule has 0 amide bonds. The zero-order chi connectivity index (χ0) is 22.0. The van der Waals surface area contributed by atoms with E-state index in [4.69, 9.17) is 16.3 Å². The maximum atomic E-state index is 14.1. The fraction of sp³-hybridized carbons (Fsp3) is 0.174. The second-order valence-electron chi connectivity index (χ2n) is 6.99. The van der Waals surface area contributed by atoms with Crippen molar-refractivity contribution in [1.29, 1.82) is 0 Å². The molecular formula is C23H18ClFN2O3S. The van der Waals surface area contributed by atoms with Gasteiger partial charge in [-0.05, 0) is 30.2 Å². The van der Waals surface area contributed by atoms with Crippen LogP contribution in [-0.2, 0) is 17.7 Å². The van der Waals surface area contributed by atoms with E-state index in [-0.39, 0.29) is 29.3 Å². The Bertz CT molecular complexity index is 1300. The van der Waals surface area contributed by atoms with Crippen LogP contribution in [0.4, 0.5) is 4.39 Å². The summed E-state index contributed by atoms with van der Waals surface area (Å²) in [5, 5.41) is 0.562. The Labute approximate surface area is 186 Å². The predicted octanol–water partition coefficient (Wildman–Crippen LogP) is 5.01. The molecule has 4 rings (SSSR count). The van der Waals surface area contributed by atoms with E-state index in [1.165, 1.54) is 23.0 Å². The van der Waals surface area contributed by atoms with Crippen molar-refractivity contribution in [2.45, 2.75) is 19.9 Å². The van der Waals surface area contributed by atoms with Crippen LogP contribution in [0.3, 0.4) is 0 Å². The first-order valence-corrected chi connectivity index (χ1v) is 10.8. The van der Waals surface area contributed by atoms with Gasteiger partial charge in [-0.2, -0.15) is 0 Å². The SMILES string of the molecule is Cc1c(C(=O)OCCc2ccccc2)sc2ncn(Cc3c(F)cccc3Cl)c(=O)c12. The first kappa shape index (κ1) is 21.2. The Morgan fingerprint density at radius 3 is 2.71 bits per heavy atom. The van der Waals surface area contributed by atoms with Crippen LogP contribution in [0.1, 0.15) is 26.4 Å². The molecule has 158 valence electrons. The zero-order valence-electron chi connectivity index (χ0n) is 16.6. The van der Waals surface area contributed by atoms with Gasteiger partial charge in [-0.1, -0.05) is 48.0 Å². The van der Waals surface area contributed by atoms with Crippen LogP contribution in [-0.4, -0.2) is 22.1 Å². The lowest BCUT2D eigenvalue weighted by atomic mass is 10.2. The lowest BCUT2D eigenvalue weighted by Crippen LogP contribution is -2.22. The molecule has 5 nitrogen and oxygen atoms in total. The normalized spacial score (nSPS) is 11.1. The molecule has 0 bridgehead atoms. The number of ether oxygens (including phenoxy) is 1. The molecule has 0 N–H and O–H groups in total. The Morgan fingerprint density at radius 2 is 1.97 bits per heavy atom. The second-order valence-corrected chi connectivity index (χ2v) is 8.39. The average Bonchev–Trinajstić information content (AvgIpc) is 3.10. The first-order valence-electron chi connectivity index (χ1n) is 9.58. The Balaban J connectivity index is 1.58. The van der Waals surface area contributed by atoms with Gasteiger partial charge in [-0.15, -0.1) is 11.3 Å². The summed E-state index contributed by atoms with van der Waals surface area (Å²) in [5.41, 5.74) is 1.43. The standard InChI is InChI=1S/C23H18ClFN2O3S/c1-14-19-21(31-20(14)23(29)30-11-10-15-6-3-2-4-7-15)26-13-27(22(19)28)12-16-17(24)8-5-9-18(16)25/h2-9,13H,10-12H2,1H3. The number of hydrogen-bond donors (Lipinski definition) is 0. The van der Waals surface area contributed by atoms with Crippen molar-refractivity contribution in [3.8, 4) is 0 Å². The monoisotopic (exact) mass is 456 g/mol. The summed E-state index contributed by atoms with van der Waals surface area (Å²) in [6, 6.07) is 14.1. The summed E-state index contributed by atoms with van der Waals surface area (Å²) in [7, 11) is 0. The lowest BCUT2D eigenvalue weighted by molar-refractivity contribution is 0.0514. The van der Waals surface area contributed by atoms with Crippen LogP contribution >= 0.6 is 22.9 Å². The highest BCUT2D eigenvalue weighted by Crippen LogP contribution is 2.28. The van der Waals surface area contributed by atoms with E-state index < -0.39 is 11.8 Å². The number of rotatable bonds is 6. The largest absolute Gasteiger partial charge is 0.461 e. The molecule has 0 radical (unpaired) electrons. The molecule has 0 aliphatic carbocycles. The van der Waals surface area contributed by atoms with Crippen molar-refractivity contribution < 1.29 is 13.9 Å². The number of aryl methyl sites for hydroxylation is 1. The number of carbonyl (C=O) groups excluding carboxylic acids is 1. The molecule has 0 saturated heterocycles. The highest BCUT2D eigenvalue weighted by atomic mass is 35.5. The molecule has 2 aromatic carbocycles. The smallest absolute Gasteiger partial charge is 0.348 e. The minimum Gasteiger partial charge on any atom is -0.461 e. The number of hydrogen-bond acceptors (Lipinski definition) is 5. The highest BCUT2D eigenvalue weighted by molar-refractivity contribution is 7.20. The maximum Gasteiger partial charge on any atom is 0.348 e. The molecule has 8 heteroatoms. The third kappa shape index (κ3) is 4.38. The van der Waals surface area contributed by atoms with Crippen LogP contribution in [0.5, 0.6) is 0 Å². The van der Waals surface area contributed by atoms with Crippen LogP contribution in [0.2, 0.25) is 5.02 Å².